The van der Waals surface area contributed by atoms with Crippen molar-refractivity contribution in [2.24, 2.45) is 0 Å². The summed E-state index contributed by atoms with van der Waals surface area (Å²) in [4.78, 5) is 28.3. The van der Waals surface area contributed by atoms with Gasteiger partial charge in [-0.2, -0.15) is 0 Å². The number of nitrogens with zero attached hydrogens (tertiary/aromatic N) is 1. The molecule has 0 fully saturated rings. The van der Waals surface area contributed by atoms with Crippen LogP contribution in [-0.2, 0) is 11.3 Å². The van der Waals surface area contributed by atoms with Gasteiger partial charge in [0.25, 0.3) is 5.91 Å². The summed E-state index contributed by atoms with van der Waals surface area (Å²) < 4.78 is 10.6. The predicted octanol–water partition coefficient (Wildman–Crippen LogP) is 4.05. The van der Waals surface area contributed by atoms with Gasteiger partial charge in [-0.15, -0.1) is 0 Å². The molecule has 3 aromatic rings. The van der Waals surface area contributed by atoms with Crippen LogP contribution in [0.2, 0.25) is 5.02 Å². The summed E-state index contributed by atoms with van der Waals surface area (Å²) in [6.45, 7) is 0.463. The highest BCUT2D eigenvalue weighted by Crippen LogP contribution is 2.40. The van der Waals surface area contributed by atoms with E-state index in [4.69, 9.17) is 21.1 Å². The largest absolute Gasteiger partial charge is 0.454 e. The zero-order chi connectivity index (χ0) is 21.6. The third-order valence-corrected chi connectivity index (χ3v) is 4.78. The molecule has 156 valence electrons. The molecule has 4 rings (SSSR count). The van der Waals surface area contributed by atoms with Gasteiger partial charge in [0.05, 0.1) is 5.02 Å². The molecule has 1 aliphatic heterocycles. The number of pyridine rings is 1. The number of fused-ring (bicyclic) bond motifs is 1. The summed E-state index contributed by atoms with van der Waals surface area (Å²) in [5.41, 5.74) is 2.79. The predicted molar refractivity (Wildman–Crippen MR) is 117 cm³/mol. The number of aromatic nitrogens is 1. The Labute approximate surface area is 183 Å². The monoisotopic (exact) mass is 435 g/mol. The summed E-state index contributed by atoms with van der Waals surface area (Å²) in [7, 11) is 0. The fraction of sp³-hybridized carbons (Fsp3) is 0.0870. The van der Waals surface area contributed by atoms with Crippen molar-refractivity contribution in [3.63, 3.8) is 0 Å². The van der Waals surface area contributed by atoms with Crippen molar-refractivity contribution >= 4 is 35.2 Å². The molecule has 2 heterocycles. The molecule has 0 saturated carbocycles. The minimum Gasteiger partial charge on any atom is -0.454 e. The summed E-state index contributed by atoms with van der Waals surface area (Å²) in [5, 5.41) is 6.03. The zero-order valence-corrected chi connectivity index (χ0v) is 17.1. The Morgan fingerprint density at radius 2 is 1.84 bits per heavy atom. The molecule has 0 spiro atoms. The first-order valence-corrected chi connectivity index (χ1v) is 9.82. The maximum Gasteiger partial charge on any atom is 0.255 e. The minimum absolute atomic E-state index is 0.132. The zero-order valence-electron chi connectivity index (χ0n) is 16.3. The number of ether oxygens (including phenoxy) is 2. The van der Waals surface area contributed by atoms with Crippen LogP contribution in [0.1, 0.15) is 21.5 Å². The molecule has 1 aromatic heterocycles. The van der Waals surface area contributed by atoms with Crippen LogP contribution in [0.5, 0.6) is 11.5 Å². The van der Waals surface area contributed by atoms with E-state index < -0.39 is 0 Å². The second-order valence-corrected chi connectivity index (χ2v) is 7.08. The molecule has 0 bridgehead atoms. The van der Waals surface area contributed by atoms with Crippen LogP contribution in [0.3, 0.4) is 0 Å². The van der Waals surface area contributed by atoms with E-state index in [-0.39, 0.29) is 18.6 Å². The number of amides is 2. The number of carbonyl (C=O) groups excluding carboxylic acids is 2. The third-order valence-electron chi connectivity index (χ3n) is 4.50. The highest BCUT2D eigenvalue weighted by Gasteiger charge is 2.17. The van der Waals surface area contributed by atoms with Crippen molar-refractivity contribution in [3.05, 3.63) is 88.7 Å². The molecular weight excluding hydrogens is 418 g/mol. The van der Waals surface area contributed by atoms with Crippen LogP contribution in [0.15, 0.2) is 67.0 Å². The Hall–Kier alpha value is -3.84. The molecule has 7 nitrogen and oxygen atoms in total. The van der Waals surface area contributed by atoms with Gasteiger partial charge in [0, 0.05) is 36.3 Å². The molecule has 0 aliphatic carbocycles. The summed E-state index contributed by atoms with van der Waals surface area (Å²) in [5.74, 6) is 0.599. The Morgan fingerprint density at radius 3 is 2.61 bits per heavy atom. The Bertz CT molecular complexity index is 1130. The van der Waals surface area contributed by atoms with Crippen LogP contribution in [0.4, 0.5) is 5.69 Å². The lowest BCUT2D eigenvalue weighted by Gasteiger charge is -2.07. The fourth-order valence-electron chi connectivity index (χ4n) is 2.92. The minimum atomic E-state index is -0.256. The summed E-state index contributed by atoms with van der Waals surface area (Å²) in [6, 6.07) is 13.9. The molecule has 2 aromatic carbocycles. The van der Waals surface area contributed by atoms with Gasteiger partial charge in [0.2, 0.25) is 12.7 Å². The van der Waals surface area contributed by atoms with Gasteiger partial charge in [0.15, 0.2) is 11.5 Å². The first-order valence-electron chi connectivity index (χ1n) is 9.44. The van der Waals surface area contributed by atoms with E-state index in [2.05, 4.69) is 15.6 Å². The van der Waals surface area contributed by atoms with Crippen LogP contribution in [0.25, 0.3) is 6.08 Å². The summed E-state index contributed by atoms with van der Waals surface area (Å²) >= 11 is 6.14. The molecule has 0 saturated heterocycles. The van der Waals surface area contributed by atoms with Gasteiger partial charge in [0.1, 0.15) is 0 Å². The second kappa shape index (κ2) is 9.32. The van der Waals surface area contributed by atoms with Crippen LogP contribution < -0.4 is 20.1 Å². The second-order valence-electron chi connectivity index (χ2n) is 6.67. The quantitative estimate of drug-likeness (QED) is 0.570. The first-order chi connectivity index (χ1) is 15.1. The van der Waals surface area contributed by atoms with E-state index >= 15 is 0 Å². The average molecular weight is 436 g/mol. The number of anilines is 1. The molecule has 0 unspecified atom stereocenters. The van der Waals surface area contributed by atoms with Crippen LogP contribution in [-0.4, -0.2) is 23.6 Å². The number of benzene rings is 2. The van der Waals surface area contributed by atoms with Crippen molar-refractivity contribution in [2.75, 3.05) is 12.1 Å². The average Bonchev–Trinajstić information content (AvgIpc) is 3.27. The van der Waals surface area contributed by atoms with Gasteiger partial charge in [-0.3, -0.25) is 14.6 Å². The number of carbonyl (C=O) groups is 2. The van der Waals surface area contributed by atoms with Crippen molar-refractivity contribution in [1.82, 2.24) is 10.3 Å². The van der Waals surface area contributed by atoms with E-state index in [0.29, 0.717) is 34.3 Å². The van der Waals surface area contributed by atoms with Gasteiger partial charge in [-0.1, -0.05) is 23.7 Å². The number of hydrogen-bond acceptors (Lipinski definition) is 5. The van der Waals surface area contributed by atoms with E-state index in [1.54, 1.807) is 67.0 Å². The Balaban J connectivity index is 1.30. The number of halogens is 1. The number of rotatable bonds is 6. The molecule has 0 radical (unpaired) electrons. The molecule has 2 N–H and O–H groups in total. The van der Waals surface area contributed by atoms with Crippen molar-refractivity contribution in [3.8, 4) is 11.5 Å². The molecule has 1 aliphatic rings. The van der Waals surface area contributed by atoms with Gasteiger partial charge < -0.3 is 20.1 Å². The smallest absolute Gasteiger partial charge is 0.255 e. The van der Waals surface area contributed by atoms with Crippen LogP contribution >= 0.6 is 11.6 Å². The number of nitrogens with one attached hydrogen (secondary N) is 2. The Kier molecular flexibility index (Phi) is 6.14. The van der Waals surface area contributed by atoms with E-state index in [9.17, 15) is 9.59 Å². The van der Waals surface area contributed by atoms with Gasteiger partial charge >= 0.3 is 0 Å². The van der Waals surface area contributed by atoms with Crippen LogP contribution in [0, 0.1) is 0 Å². The third kappa shape index (κ3) is 5.21. The fourth-order valence-corrected chi connectivity index (χ4v) is 3.19. The summed E-state index contributed by atoms with van der Waals surface area (Å²) in [6.07, 6.45) is 6.29. The van der Waals surface area contributed by atoms with E-state index in [1.165, 1.54) is 6.08 Å². The Morgan fingerprint density at radius 1 is 1.06 bits per heavy atom. The van der Waals surface area contributed by atoms with Crippen molar-refractivity contribution < 1.29 is 19.1 Å². The number of hydrogen-bond donors (Lipinski definition) is 2. The van der Waals surface area contributed by atoms with E-state index in [1.807, 2.05) is 0 Å². The molecule has 31 heavy (non-hydrogen) atoms. The van der Waals surface area contributed by atoms with Gasteiger partial charge in [-0.05, 0) is 53.6 Å². The topological polar surface area (TPSA) is 89.5 Å². The van der Waals surface area contributed by atoms with Gasteiger partial charge in [-0.25, -0.2) is 0 Å². The maximum absolute atomic E-state index is 12.3. The van der Waals surface area contributed by atoms with Crippen molar-refractivity contribution in [2.45, 2.75) is 6.54 Å². The lowest BCUT2D eigenvalue weighted by molar-refractivity contribution is -0.116. The molecule has 8 heteroatoms. The lowest BCUT2D eigenvalue weighted by Crippen LogP contribution is -2.20. The highest BCUT2D eigenvalue weighted by molar-refractivity contribution is 6.32. The standard InChI is InChI=1S/C23H18ClN3O4/c24-19-11-16(12-20-22(19)31-14-30-20)3-6-21(28)26-13-15-1-4-17(5-2-15)23(29)27-18-7-9-25-10-8-18/h1-12H,13-14H2,(H,26,28)(H,25,27,29)/b6-3-. The maximum atomic E-state index is 12.3. The normalized spacial score (nSPS) is 12.0. The first kappa shape index (κ1) is 20.4. The van der Waals surface area contributed by atoms with E-state index in [0.717, 1.165) is 11.1 Å². The SMILES string of the molecule is O=C(/C=C\c1cc(Cl)c2c(c1)OCO2)NCc1ccc(C(=O)Nc2ccncc2)cc1. The highest BCUT2D eigenvalue weighted by atomic mass is 35.5. The lowest BCUT2D eigenvalue weighted by atomic mass is 10.1. The van der Waals surface area contributed by atoms with Crippen molar-refractivity contribution in [1.29, 1.82) is 0 Å². The molecule has 0 atom stereocenters. The molecular formula is C23H18ClN3O4. The molecule has 2 amide bonds.